The minimum absolute atomic E-state index is 0.103. The fourth-order valence-corrected chi connectivity index (χ4v) is 2.17. The van der Waals surface area contributed by atoms with Gasteiger partial charge in [0.25, 0.3) is 0 Å². The highest BCUT2D eigenvalue weighted by atomic mass is 16.7. The topological polar surface area (TPSA) is 65.0 Å². The van der Waals surface area contributed by atoms with Crippen molar-refractivity contribution in [1.82, 2.24) is 0 Å². The maximum Gasteiger partial charge on any atom is 0.303 e. The molecule has 1 aromatic carbocycles. The molecule has 1 aliphatic rings. The number of carboxylic acids is 1. The van der Waals surface area contributed by atoms with Crippen LogP contribution in [0.1, 0.15) is 31.2 Å². The molecular formula is C15H20O5. The second kappa shape index (κ2) is 7.14. The lowest BCUT2D eigenvalue weighted by Crippen LogP contribution is -2.25. The molecular weight excluding hydrogens is 260 g/mol. The average molecular weight is 280 g/mol. The fraction of sp³-hybridized carbons (Fsp3) is 0.533. The zero-order valence-corrected chi connectivity index (χ0v) is 11.6. The number of carboxylic acid groups (broad SMARTS) is 1. The predicted molar refractivity (Wildman–Crippen MR) is 73.2 cm³/mol. The lowest BCUT2D eigenvalue weighted by atomic mass is 10.1. The van der Waals surface area contributed by atoms with Gasteiger partial charge in [0.05, 0.1) is 13.7 Å². The molecule has 0 aliphatic carbocycles. The van der Waals surface area contributed by atoms with E-state index in [1.54, 1.807) is 13.2 Å². The molecule has 0 amide bonds. The van der Waals surface area contributed by atoms with Gasteiger partial charge in [-0.25, -0.2) is 0 Å². The van der Waals surface area contributed by atoms with E-state index < -0.39 is 5.97 Å². The van der Waals surface area contributed by atoms with Gasteiger partial charge in [0.1, 0.15) is 0 Å². The van der Waals surface area contributed by atoms with E-state index in [1.807, 2.05) is 12.1 Å². The van der Waals surface area contributed by atoms with Gasteiger partial charge >= 0.3 is 5.97 Å². The molecule has 0 radical (unpaired) electrons. The van der Waals surface area contributed by atoms with E-state index in [0.29, 0.717) is 24.5 Å². The molecule has 1 saturated heterocycles. The zero-order chi connectivity index (χ0) is 14.4. The molecule has 2 rings (SSSR count). The summed E-state index contributed by atoms with van der Waals surface area (Å²) in [5, 5.41) is 8.73. The van der Waals surface area contributed by atoms with E-state index in [-0.39, 0.29) is 12.7 Å². The second-order valence-corrected chi connectivity index (χ2v) is 4.79. The van der Waals surface area contributed by atoms with Crippen LogP contribution in [0.5, 0.6) is 11.5 Å². The third-order valence-corrected chi connectivity index (χ3v) is 3.25. The van der Waals surface area contributed by atoms with Gasteiger partial charge < -0.3 is 19.3 Å². The van der Waals surface area contributed by atoms with Crippen molar-refractivity contribution < 1.29 is 24.1 Å². The van der Waals surface area contributed by atoms with Crippen LogP contribution in [0.3, 0.4) is 0 Å². The van der Waals surface area contributed by atoms with Crippen LogP contribution in [0.2, 0.25) is 0 Å². The van der Waals surface area contributed by atoms with Crippen molar-refractivity contribution in [2.24, 2.45) is 0 Å². The van der Waals surface area contributed by atoms with Crippen molar-refractivity contribution >= 4 is 5.97 Å². The number of aryl methyl sites for hydroxylation is 1. The van der Waals surface area contributed by atoms with Gasteiger partial charge in [-0.2, -0.15) is 0 Å². The lowest BCUT2D eigenvalue weighted by Gasteiger charge is -2.24. The fourth-order valence-electron chi connectivity index (χ4n) is 2.17. The van der Waals surface area contributed by atoms with Crippen LogP contribution in [0.15, 0.2) is 18.2 Å². The Hall–Kier alpha value is -1.75. The van der Waals surface area contributed by atoms with Crippen LogP contribution in [-0.4, -0.2) is 31.1 Å². The normalized spacial score (nSPS) is 18.6. The Morgan fingerprint density at radius 3 is 2.90 bits per heavy atom. The Kier molecular flexibility index (Phi) is 5.24. The number of carbonyl (C=O) groups is 1. The molecule has 1 aromatic rings. The Labute approximate surface area is 118 Å². The first-order valence-corrected chi connectivity index (χ1v) is 6.86. The number of ether oxygens (including phenoxy) is 3. The summed E-state index contributed by atoms with van der Waals surface area (Å²) < 4.78 is 16.6. The van der Waals surface area contributed by atoms with Crippen LogP contribution in [0.25, 0.3) is 0 Å². The first kappa shape index (κ1) is 14.7. The van der Waals surface area contributed by atoms with Gasteiger partial charge in [-0.05, 0) is 37.0 Å². The molecule has 0 saturated carbocycles. The van der Waals surface area contributed by atoms with E-state index in [0.717, 1.165) is 24.8 Å². The molecule has 1 N–H and O–H groups in total. The molecule has 1 aliphatic heterocycles. The number of benzene rings is 1. The monoisotopic (exact) mass is 280 g/mol. The first-order valence-electron chi connectivity index (χ1n) is 6.86. The third-order valence-electron chi connectivity index (χ3n) is 3.25. The highest BCUT2D eigenvalue weighted by molar-refractivity contribution is 5.67. The highest BCUT2D eigenvalue weighted by Gasteiger charge is 2.17. The van der Waals surface area contributed by atoms with Crippen molar-refractivity contribution in [2.45, 2.75) is 38.4 Å². The smallest absolute Gasteiger partial charge is 0.303 e. The molecule has 1 unspecified atom stereocenters. The van der Waals surface area contributed by atoms with Crippen molar-refractivity contribution in [3.63, 3.8) is 0 Å². The van der Waals surface area contributed by atoms with Crippen LogP contribution in [0.4, 0.5) is 0 Å². The molecule has 0 aromatic heterocycles. The zero-order valence-electron chi connectivity index (χ0n) is 11.6. The Morgan fingerprint density at radius 1 is 1.40 bits per heavy atom. The van der Waals surface area contributed by atoms with Gasteiger partial charge in [0.2, 0.25) is 0 Å². The maximum atomic E-state index is 10.6. The SMILES string of the molecule is COc1ccc(CCC(=O)O)cc1OC1CCCCO1. The molecule has 1 heterocycles. The van der Waals surface area contributed by atoms with E-state index >= 15 is 0 Å². The molecule has 0 bridgehead atoms. The van der Waals surface area contributed by atoms with Gasteiger partial charge in [-0.15, -0.1) is 0 Å². The quantitative estimate of drug-likeness (QED) is 0.867. The van der Waals surface area contributed by atoms with Crippen LogP contribution >= 0.6 is 0 Å². The number of hydrogen-bond acceptors (Lipinski definition) is 4. The molecule has 20 heavy (non-hydrogen) atoms. The molecule has 0 spiro atoms. The lowest BCUT2D eigenvalue weighted by molar-refractivity contribution is -0.136. The van der Waals surface area contributed by atoms with Crippen molar-refractivity contribution in [3.05, 3.63) is 23.8 Å². The Bertz CT molecular complexity index is 452. The highest BCUT2D eigenvalue weighted by Crippen LogP contribution is 2.31. The summed E-state index contributed by atoms with van der Waals surface area (Å²) in [6.45, 7) is 0.714. The summed E-state index contributed by atoms with van der Waals surface area (Å²) in [7, 11) is 1.58. The summed E-state index contributed by atoms with van der Waals surface area (Å²) in [5.41, 5.74) is 0.916. The minimum Gasteiger partial charge on any atom is -0.493 e. The van der Waals surface area contributed by atoms with Gasteiger partial charge in [0, 0.05) is 12.8 Å². The first-order chi connectivity index (χ1) is 9.69. The average Bonchev–Trinajstić information content (AvgIpc) is 2.46. The second-order valence-electron chi connectivity index (χ2n) is 4.79. The summed E-state index contributed by atoms with van der Waals surface area (Å²) in [5.74, 6) is 0.444. The summed E-state index contributed by atoms with van der Waals surface area (Å²) >= 11 is 0. The minimum atomic E-state index is -0.807. The van der Waals surface area contributed by atoms with Crippen molar-refractivity contribution in [2.75, 3.05) is 13.7 Å². The van der Waals surface area contributed by atoms with E-state index in [4.69, 9.17) is 19.3 Å². The van der Waals surface area contributed by atoms with E-state index in [2.05, 4.69) is 0 Å². The summed E-state index contributed by atoms with van der Waals surface area (Å²) in [6, 6.07) is 5.49. The number of aliphatic carboxylic acids is 1. The van der Waals surface area contributed by atoms with Crippen LogP contribution in [-0.2, 0) is 16.0 Å². The molecule has 5 heteroatoms. The Morgan fingerprint density at radius 2 is 2.25 bits per heavy atom. The molecule has 5 nitrogen and oxygen atoms in total. The maximum absolute atomic E-state index is 10.6. The largest absolute Gasteiger partial charge is 0.493 e. The molecule has 1 atom stereocenters. The molecule has 110 valence electrons. The van der Waals surface area contributed by atoms with Gasteiger partial charge in [-0.1, -0.05) is 6.07 Å². The number of rotatable bonds is 6. The van der Waals surface area contributed by atoms with Crippen molar-refractivity contribution in [1.29, 1.82) is 0 Å². The van der Waals surface area contributed by atoms with Crippen LogP contribution in [0, 0.1) is 0 Å². The third kappa shape index (κ3) is 4.13. The summed E-state index contributed by atoms with van der Waals surface area (Å²) in [4.78, 5) is 10.6. The van der Waals surface area contributed by atoms with Gasteiger partial charge in [-0.3, -0.25) is 4.79 Å². The standard InChI is InChI=1S/C15H20O5/c1-18-12-7-5-11(6-8-14(16)17)10-13(12)20-15-4-2-3-9-19-15/h5,7,10,15H,2-4,6,8-9H2,1H3,(H,16,17). The molecule has 1 fully saturated rings. The van der Waals surface area contributed by atoms with Crippen molar-refractivity contribution in [3.8, 4) is 11.5 Å². The predicted octanol–water partition coefficient (Wildman–Crippen LogP) is 2.62. The van der Waals surface area contributed by atoms with Crippen LogP contribution < -0.4 is 9.47 Å². The van der Waals surface area contributed by atoms with Gasteiger partial charge in [0.15, 0.2) is 17.8 Å². The van der Waals surface area contributed by atoms with E-state index in [1.165, 1.54) is 0 Å². The number of hydrogen-bond donors (Lipinski definition) is 1. The van der Waals surface area contributed by atoms with E-state index in [9.17, 15) is 4.79 Å². The Balaban J connectivity index is 2.07. The number of methoxy groups -OCH3 is 1. The summed E-state index contributed by atoms with van der Waals surface area (Å²) in [6.07, 6.45) is 3.35.